The van der Waals surface area contributed by atoms with Crippen LogP contribution in [-0.2, 0) is 19.2 Å². The average Bonchev–Trinajstić information content (AvgIpc) is 3.01. The lowest BCUT2D eigenvalue weighted by Crippen LogP contribution is -2.71. The van der Waals surface area contributed by atoms with Crippen LogP contribution < -0.4 is 0 Å². The molecule has 5 aliphatic rings. The summed E-state index contributed by atoms with van der Waals surface area (Å²) in [6.07, 6.45) is 4.90. The van der Waals surface area contributed by atoms with Crippen LogP contribution in [0.1, 0.15) is 70.5 Å². The van der Waals surface area contributed by atoms with Crippen molar-refractivity contribution >= 4 is 0 Å². The van der Waals surface area contributed by atoms with Crippen molar-refractivity contribution in [2.45, 2.75) is 83.6 Å². The van der Waals surface area contributed by atoms with E-state index in [-0.39, 0.29) is 12.0 Å². The normalized spacial score (nSPS) is 50.8. The molecule has 1 saturated carbocycles. The first-order valence-electron chi connectivity index (χ1n) is 10.2. The quantitative estimate of drug-likeness (QED) is 0.665. The van der Waals surface area contributed by atoms with Gasteiger partial charge in [0.2, 0.25) is 5.79 Å². The van der Waals surface area contributed by atoms with Gasteiger partial charge in [-0.3, -0.25) is 0 Å². The summed E-state index contributed by atoms with van der Waals surface area (Å²) < 4.78 is 19.0. The molecule has 5 fully saturated rings. The number of aryl methyl sites for hydroxylation is 1. The van der Waals surface area contributed by atoms with Crippen molar-refractivity contribution in [1.82, 2.24) is 0 Å². The fourth-order valence-corrected chi connectivity index (χ4v) is 6.06. The Bertz CT molecular complexity index is 686. The van der Waals surface area contributed by atoms with E-state index in [0.717, 1.165) is 37.2 Å². The lowest BCUT2D eigenvalue weighted by molar-refractivity contribution is -0.586. The largest absolute Gasteiger partial charge is 0.464 e. The zero-order chi connectivity index (χ0) is 18.1. The zero-order valence-corrected chi connectivity index (χ0v) is 16.2. The third-order valence-electron chi connectivity index (χ3n) is 7.44. The van der Waals surface area contributed by atoms with Crippen LogP contribution in [0, 0.1) is 30.6 Å². The van der Waals surface area contributed by atoms with Crippen LogP contribution in [0.2, 0.25) is 0 Å². The van der Waals surface area contributed by atoms with E-state index in [1.165, 1.54) is 6.42 Å². The van der Waals surface area contributed by atoms with Gasteiger partial charge < -0.3 is 13.9 Å². The molecule has 0 radical (unpaired) electrons. The summed E-state index contributed by atoms with van der Waals surface area (Å²) in [5, 5.41) is 0. The Balaban J connectivity index is 1.58. The van der Waals surface area contributed by atoms with Gasteiger partial charge in [0.05, 0.1) is 0 Å². The molecule has 0 unspecified atom stereocenters. The maximum atomic E-state index is 6.59. The summed E-state index contributed by atoms with van der Waals surface area (Å²) in [6, 6.07) is 4.05. The smallest absolute Gasteiger partial charge is 0.201 e. The summed E-state index contributed by atoms with van der Waals surface area (Å²) in [5.74, 6) is 2.68. The number of ether oxygens (including phenoxy) is 2. The molecule has 1 aromatic rings. The van der Waals surface area contributed by atoms with Gasteiger partial charge in [0, 0.05) is 12.3 Å². The Morgan fingerprint density at radius 1 is 1.04 bits per heavy atom. The summed E-state index contributed by atoms with van der Waals surface area (Å²) >= 11 is 0. The van der Waals surface area contributed by atoms with Crippen LogP contribution in [0.5, 0.6) is 0 Å². The minimum atomic E-state index is -0.726. The second-order valence-electron chi connectivity index (χ2n) is 9.13. The van der Waals surface area contributed by atoms with Crippen molar-refractivity contribution in [1.29, 1.82) is 0 Å². The van der Waals surface area contributed by atoms with Crippen molar-refractivity contribution in [3.05, 3.63) is 23.7 Å². The molecule has 1 aromatic heterocycles. The summed E-state index contributed by atoms with van der Waals surface area (Å²) in [6.45, 7) is 8.55. The fraction of sp³-hybridized carbons (Fsp3) is 0.810. The van der Waals surface area contributed by atoms with Crippen LogP contribution in [0.25, 0.3) is 0 Å². The van der Waals surface area contributed by atoms with Crippen molar-refractivity contribution in [3.63, 3.8) is 0 Å². The molecular formula is C21H30O5. The summed E-state index contributed by atoms with van der Waals surface area (Å²) in [4.78, 5) is 12.2. The zero-order valence-electron chi connectivity index (χ0n) is 16.2. The maximum Gasteiger partial charge on any atom is 0.201 e. The Morgan fingerprint density at radius 2 is 1.88 bits per heavy atom. The van der Waals surface area contributed by atoms with E-state index in [4.69, 9.17) is 23.7 Å². The maximum absolute atomic E-state index is 6.59. The van der Waals surface area contributed by atoms with E-state index in [0.29, 0.717) is 17.8 Å². The molecule has 2 bridgehead atoms. The van der Waals surface area contributed by atoms with E-state index in [2.05, 4.69) is 13.8 Å². The predicted molar refractivity (Wildman–Crippen MR) is 93.8 cm³/mol. The lowest BCUT2D eigenvalue weighted by atomic mass is 9.56. The van der Waals surface area contributed by atoms with Crippen LogP contribution in [-0.4, -0.2) is 17.7 Å². The highest BCUT2D eigenvalue weighted by Crippen LogP contribution is 2.61. The molecule has 5 nitrogen and oxygen atoms in total. The monoisotopic (exact) mass is 362 g/mol. The SMILES string of the molecule is Cc1ccc([C@@H]2O[C@@H]3O[C@]4(C)CCC[C@H]5[C@H](C)CC[C@@H]([C@H]2C)[C@@]35OO4)o1. The first-order chi connectivity index (χ1) is 12.4. The van der Waals surface area contributed by atoms with E-state index < -0.39 is 17.7 Å². The van der Waals surface area contributed by atoms with Crippen molar-refractivity contribution in [2.24, 2.45) is 23.7 Å². The van der Waals surface area contributed by atoms with Gasteiger partial charge in [-0.2, -0.15) is 0 Å². The summed E-state index contributed by atoms with van der Waals surface area (Å²) in [7, 11) is 0. The number of hydrogen-bond acceptors (Lipinski definition) is 5. The molecule has 5 heteroatoms. The van der Waals surface area contributed by atoms with Crippen LogP contribution in [0.4, 0.5) is 0 Å². The molecule has 4 aliphatic heterocycles. The molecule has 26 heavy (non-hydrogen) atoms. The van der Waals surface area contributed by atoms with Crippen molar-refractivity contribution in [3.8, 4) is 0 Å². The molecule has 6 rings (SSSR count). The standard InChI is InChI=1S/C21H30O5/c1-12-7-9-16-14(3)18(17-10-8-13(2)22-17)23-19-21(16)15(12)6-5-11-20(4,24-19)25-26-21/h8,10,12,14-16,18-19H,5-7,9,11H2,1-4H3/t12-,14-,15+,16+,18-,19-,20+,21-/m1/s1. The van der Waals surface area contributed by atoms with Gasteiger partial charge in [0.1, 0.15) is 17.6 Å². The Hall–Kier alpha value is -0.880. The van der Waals surface area contributed by atoms with Gasteiger partial charge in [-0.15, -0.1) is 0 Å². The van der Waals surface area contributed by atoms with Gasteiger partial charge >= 0.3 is 0 Å². The third-order valence-corrected chi connectivity index (χ3v) is 7.44. The number of fused-ring (bicyclic) bond motifs is 3. The summed E-state index contributed by atoms with van der Waals surface area (Å²) in [5.41, 5.74) is -0.505. The molecule has 4 saturated heterocycles. The molecule has 0 amide bonds. The van der Waals surface area contributed by atoms with Crippen LogP contribution in [0.3, 0.4) is 0 Å². The first kappa shape index (κ1) is 17.2. The van der Waals surface area contributed by atoms with Crippen molar-refractivity contribution < 1.29 is 23.7 Å². The molecule has 8 atom stereocenters. The van der Waals surface area contributed by atoms with Crippen LogP contribution in [0.15, 0.2) is 16.5 Å². The van der Waals surface area contributed by atoms with E-state index in [1.54, 1.807) is 0 Å². The van der Waals surface area contributed by atoms with E-state index in [9.17, 15) is 0 Å². The van der Waals surface area contributed by atoms with Gasteiger partial charge in [-0.05, 0) is 69.4 Å². The van der Waals surface area contributed by atoms with Crippen molar-refractivity contribution in [2.75, 3.05) is 0 Å². The van der Waals surface area contributed by atoms with E-state index >= 15 is 0 Å². The topological polar surface area (TPSA) is 50.1 Å². The molecular weight excluding hydrogens is 332 g/mol. The molecule has 0 aromatic carbocycles. The Morgan fingerprint density at radius 3 is 2.65 bits per heavy atom. The van der Waals surface area contributed by atoms with Gasteiger partial charge in [0.25, 0.3) is 0 Å². The number of rotatable bonds is 1. The van der Waals surface area contributed by atoms with Gasteiger partial charge in [-0.25, -0.2) is 9.78 Å². The minimum Gasteiger partial charge on any atom is -0.464 e. The highest BCUT2D eigenvalue weighted by atomic mass is 17.3. The molecule has 144 valence electrons. The molecule has 0 N–H and O–H groups in total. The second kappa shape index (κ2) is 5.81. The number of furan rings is 1. The van der Waals surface area contributed by atoms with E-state index in [1.807, 2.05) is 26.0 Å². The first-order valence-corrected chi connectivity index (χ1v) is 10.2. The van der Waals surface area contributed by atoms with Gasteiger partial charge in [0.15, 0.2) is 11.9 Å². The second-order valence-corrected chi connectivity index (χ2v) is 9.13. The molecule has 1 aliphatic carbocycles. The lowest BCUT2D eigenvalue weighted by Gasteiger charge is -2.63. The van der Waals surface area contributed by atoms with Crippen LogP contribution >= 0.6 is 0 Å². The highest BCUT2D eigenvalue weighted by molar-refractivity contribution is 5.15. The third kappa shape index (κ3) is 2.30. The Labute approximate surface area is 155 Å². The Kier molecular flexibility index (Phi) is 3.85. The van der Waals surface area contributed by atoms with Gasteiger partial charge in [-0.1, -0.05) is 13.8 Å². The number of hydrogen-bond donors (Lipinski definition) is 0. The predicted octanol–water partition coefficient (Wildman–Crippen LogP) is 4.90. The average molecular weight is 362 g/mol. The fourth-order valence-electron chi connectivity index (χ4n) is 6.06. The minimum absolute atomic E-state index is 0.105. The highest BCUT2D eigenvalue weighted by Gasteiger charge is 2.68. The molecule has 5 heterocycles. The molecule has 1 spiro atoms.